The lowest BCUT2D eigenvalue weighted by atomic mass is 10.0. The van der Waals surface area contributed by atoms with Crippen LogP contribution in [0.4, 0.5) is 11.4 Å². The van der Waals surface area contributed by atoms with Gasteiger partial charge >= 0.3 is 0 Å². The van der Waals surface area contributed by atoms with Gasteiger partial charge < -0.3 is 16.4 Å². The molecule has 0 aromatic heterocycles. The number of benzene rings is 1. The van der Waals surface area contributed by atoms with Gasteiger partial charge in [-0.05, 0) is 37.0 Å². The first-order valence-electron chi connectivity index (χ1n) is 6.74. The minimum atomic E-state index is -0.529. The molecular weight excluding hydrogens is 254 g/mol. The van der Waals surface area contributed by atoms with Gasteiger partial charge in [0.15, 0.2) is 0 Å². The molecule has 0 spiro atoms. The fraction of sp³-hybridized carbons (Fsp3) is 0.467. The van der Waals surface area contributed by atoms with Gasteiger partial charge in [-0.1, -0.05) is 19.9 Å². The van der Waals surface area contributed by atoms with Gasteiger partial charge in [0.05, 0.1) is 6.04 Å². The van der Waals surface area contributed by atoms with Gasteiger partial charge in [-0.15, -0.1) is 0 Å². The number of amides is 2. The second kappa shape index (κ2) is 7.05. The highest BCUT2D eigenvalue weighted by Gasteiger charge is 2.16. The molecule has 2 amide bonds. The summed E-state index contributed by atoms with van der Waals surface area (Å²) in [7, 11) is 0. The predicted molar refractivity (Wildman–Crippen MR) is 81.5 cm³/mol. The Hall–Kier alpha value is -1.88. The maximum atomic E-state index is 12.0. The number of hydrogen-bond donors (Lipinski definition) is 3. The first kappa shape index (κ1) is 16.2. The molecule has 110 valence electrons. The molecule has 0 bridgehead atoms. The lowest BCUT2D eigenvalue weighted by Crippen LogP contribution is -2.36. The number of aryl methyl sites for hydroxylation is 1. The molecule has 0 aliphatic carbocycles. The Balaban J connectivity index is 2.80. The first-order valence-corrected chi connectivity index (χ1v) is 6.74. The third-order valence-electron chi connectivity index (χ3n) is 2.88. The van der Waals surface area contributed by atoms with Crippen LogP contribution in [0.1, 0.15) is 32.8 Å². The Morgan fingerprint density at radius 1 is 1.25 bits per heavy atom. The molecule has 5 heteroatoms. The molecule has 0 unspecified atom stereocenters. The molecule has 4 N–H and O–H groups in total. The highest BCUT2D eigenvalue weighted by molar-refractivity contribution is 5.96. The highest BCUT2D eigenvalue weighted by Crippen LogP contribution is 2.20. The molecule has 1 aromatic carbocycles. The van der Waals surface area contributed by atoms with Crippen LogP contribution in [0.15, 0.2) is 18.2 Å². The minimum absolute atomic E-state index is 0.150. The summed E-state index contributed by atoms with van der Waals surface area (Å²) in [5, 5.41) is 5.50. The summed E-state index contributed by atoms with van der Waals surface area (Å²) >= 11 is 0. The molecule has 1 atom stereocenters. The average molecular weight is 277 g/mol. The molecule has 1 rings (SSSR count). The summed E-state index contributed by atoms with van der Waals surface area (Å²) < 4.78 is 0. The Morgan fingerprint density at radius 3 is 2.45 bits per heavy atom. The molecule has 0 heterocycles. The summed E-state index contributed by atoms with van der Waals surface area (Å²) in [4.78, 5) is 23.1. The number of carbonyl (C=O) groups excluding carboxylic acids is 2. The molecule has 0 saturated carbocycles. The summed E-state index contributed by atoms with van der Waals surface area (Å²) in [6, 6.07) is 4.84. The minimum Gasteiger partial charge on any atom is -0.326 e. The van der Waals surface area contributed by atoms with Crippen molar-refractivity contribution in [3.05, 3.63) is 23.8 Å². The molecule has 1 aromatic rings. The van der Waals surface area contributed by atoms with Gasteiger partial charge in [0.1, 0.15) is 0 Å². The van der Waals surface area contributed by atoms with Crippen LogP contribution in [-0.2, 0) is 9.59 Å². The summed E-state index contributed by atoms with van der Waals surface area (Å²) in [6.07, 6.45) is 0.635. The fourth-order valence-corrected chi connectivity index (χ4v) is 1.88. The van der Waals surface area contributed by atoms with Gasteiger partial charge in [0.25, 0.3) is 0 Å². The smallest absolute Gasteiger partial charge is 0.241 e. The second-order valence-corrected chi connectivity index (χ2v) is 5.44. The quantitative estimate of drug-likeness (QED) is 0.772. The van der Waals surface area contributed by atoms with Gasteiger partial charge in [0.2, 0.25) is 11.8 Å². The third-order valence-corrected chi connectivity index (χ3v) is 2.88. The van der Waals surface area contributed by atoms with E-state index in [1.165, 1.54) is 6.92 Å². The number of hydrogen-bond acceptors (Lipinski definition) is 3. The van der Waals surface area contributed by atoms with Crippen LogP contribution in [0.25, 0.3) is 0 Å². The number of rotatable bonds is 5. The van der Waals surface area contributed by atoms with Crippen molar-refractivity contribution in [3.8, 4) is 0 Å². The largest absolute Gasteiger partial charge is 0.326 e. The van der Waals surface area contributed by atoms with Crippen molar-refractivity contribution in [1.82, 2.24) is 0 Å². The summed E-state index contributed by atoms with van der Waals surface area (Å²) in [6.45, 7) is 7.38. The van der Waals surface area contributed by atoms with Crippen LogP contribution < -0.4 is 16.4 Å². The fourth-order valence-electron chi connectivity index (χ4n) is 1.88. The molecule has 0 aliphatic heterocycles. The van der Waals surface area contributed by atoms with Crippen LogP contribution in [0.3, 0.4) is 0 Å². The third kappa shape index (κ3) is 5.01. The maximum absolute atomic E-state index is 12.0. The summed E-state index contributed by atoms with van der Waals surface area (Å²) in [5.74, 6) is 0.00646. The van der Waals surface area contributed by atoms with Crippen molar-refractivity contribution in [2.24, 2.45) is 11.7 Å². The molecule has 0 fully saturated rings. The van der Waals surface area contributed by atoms with E-state index in [2.05, 4.69) is 10.6 Å². The molecule has 0 radical (unpaired) electrons. The molecular formula is C15H23N3O2. The standard InChI is InChI=1S/C15H23N3O2/c1-9(2)7-13(16)15(20)18-14-8-12(17-11(4)19)6-5-10(14)3/h5-6,8-9,13H,7,16H2,1-4H3,(H,17,19)(H,18,20)/t13-/m0/s1. The zero-order chi connectivity index (χ0) is 15.3. The van der Waals surface area contributed by atoms with Crippen LogP contribution in [-0.4, -0.2) is 17.9 Å². The van der Waals surface area contributed by atoms with Gasteiger partial charge in [0, 0.05) is 18.3 Å². The predicted octanol–water partition coefficient (Wildman–Crippen LogP) is 2.27. The van der Waals surface area contributed by atoms with Crippen LogP contribution >= 0.6 is 0 Å². The van der Waals surface area contributed by atoms with Crippen molar-refractivity contribution < 1.29 is 9.59 Å². The van der Waals surface area contributed by atoms with Crippen LogP contribution in [0, 0.1) is 12.8 Å². The Labute approximate surface area is 119 Å². The van der Waals surface area contributed by atoms with E-state index in [4.69, 9.17) is 5.73 Å². The van der Waals surface area contributed by atoms with E-state index < -0.39 is 6.04 Å². The van der Waals surface area contributed by atoms with E-state index in [1.807, 2.05) is 26.8 Å². The van der Waals surface area contributed by atoms with E-state index >= 15 is 0 Å². The normalized spacial score (nSPS) is 12.1. The van der Waals surface area contributed by atoms with E-state index in [-0.39, 0.29) is 11.8 Å². The van der Waals surface area contributed by atoms with Gasteiger partial charge in [-0.25, -0.2) is 0 Å². The molecule has 5 nitrogen and oxygen atoms in total. The highest BCUT2D eigenvalue weighted by atomic mass is 16.2. The molecule has 20 heavy (non-hydrogen) atoms. The SMILES string of the molecule is CC(=O)Nc1ccc(C)c(NC(=O)[C@@H](N)CC(C)C)c1. The van der Waals surface area contributed by atoms with E-state index in [9.17, 15) is 9.59 Å². The first-order chi connectivity index (χ1) is 9.29. The van der Waals surface area contributed by atoms with Crippen molar-refractivity contribution in [3.63, 3.8) is 0 Å². The van der Waals surface area contributed by atoms with Crippen molar-refractivity contribution in [1.29, 1.82) is 0 Å². The Morgan fingerprint density at radius 2 is 1.90 bits per heavy atom. The van der Waals surface area contributed by atoms with Crippen molar-refractivity contribution in [2.75, 3.05) is 10.6 Å². The van der Waals surface area contributed by atoms with Gasteiger partial charge in [-0.2, -0.15) is 0 Å². The Kier molecular flexibility index (Phi) is 5.70. The van der Waals surface area contributed by atoms with Gasteiger partial charge in [-0.3, -0.25) is 9.59 Å². The number of nitrogens with two attached hydrogens (primary N) is 1. The van der Waals surface area contributed by atoms with E-state index in [0.717, 1.165) is 5.56 Å². The Bertz CT molecular complexity index is 498. The monoisotopic (exact) mass is 277 g/mol. The van der Waals surface area contributed by atoms with Crippen molar-refractivity contribution in [2.45, 2.75) is 40.2 Å². The number of nitrogens with one attached hydrogen (secondary N) is 2. The average Bonchev–Trinajstić information content (AvgIpc) is 2.31. The lowest BCUT2D eigenvalue weighted by Gasteiger charge is -2.16. The topological polar surface area (TPSA) is 84.2 Å². The lowest BCUT2D eigenvalue weighted by molar-refractivity contribution is -0.117. The number of anilines is 2. The molecule has 0 aliphatic rings. The van der Waals surface area contributed by atoms with E-state index in [0.29, 0.717) is 23.7 Å². The maximum Gasteiger partial charge on any atom is 0.241 e. The van der Waals surface area contributed by atoms with E-state index in [1.54, 1.807) is 12.1 Å². The van der Waals surface area contributed by atoms with Crippen molar-refractivity contribution >= 4 is 23.2 Å². The summed E-state index contributed by atoms with van der Waals surface area (Å²) in [5.41, 5.74) is 8.09. The molecule has 0 saturated heterocycles. The second-order valence-electron chi connectivity index (χ2n) is 5.44. The zero-order valence-electron chi connectivity index (χ0n) is 12.5. The van der Waals surface area contributed by atoms with Crippen LogP contribution in [0.2, 0.25) is 0 Å². The van der Waals surface area contributed by atoms with Crippen LogP contribution in [0.5, 0.6) is 0 Å². The number of carbonyl (C=O) groups is 2. The zero-order valence-corrected chi connectivity index (χ0v) is 12.5.